The molecule has 0 saturated heterocycles. The monoisotopic (exact) mass is 253 g/mol. The average molecular weight is 254 g/mol. The van der Waals surface area contributed by atoms with Crippen molar-refractivity contribution in [3.63, 3.8) is 0 Å². The molecule has 1 fully saturated rings. The van der Waals surface area contributed by atoms with Crippen LogP contribution in [0.4, 0.5) is 0 Å². The van der Waals surface area contributed by atoms with Crippen LogP contribution in [0.3, 0.4) is 0 Å². The van der Waals surface area contributed by atoms with Crippen LogP contribution in [0, 0.1) is 5.92 Å². The number of rotatable bonds is 7. The molecule has 2 nitrogen and oxygen atoms in total. The van der Waals surface area contributed by atoms with Gasteiger partial charge in [-0.15, -0.1) is 0 Å². The number of hydrogen-bond donors (Lipinski definition) is 1. The Hall–Kier alpha value is -0.570. The second-order valence-corrected chi connectivity index (χ2v) is 5.27. The fourth-order valence-electron chi connectivity index (χ4n) is 2.04. The number of methoxy groups -OCH3 is 1. The summed E-state index contributed by atoms with van der Waals surface area (Å²) in [6.45, 7) is 1.83. The molecule has 1 aromatic rings. The molecular formula is C14H20ClNO. The van der Waals surface area contributed by atoms with Crippen LogP contribution >= 0.6 is 11.6 Å². The summed E-state index contributed by atoms with van der Waals surface area (Å²) in [7, 11) is 1.77. The van der Waals surface area contributed by atoms with Crippen LogP contribution in [0.5, 0.6) is 0 Å². The minimum atomic E-state index is 0.527. The first-order valence-corrected chi connectivity index (χ1v) is 6.62. The van der Waals surface area contributed by atoms with Crippen LogP contribution in [0.25, 0.3) is 0 Å². The van der Waals surface area contributed by atoms with Crippen LogP contribution in [0.1, 0.15) is 18.4 Å². The standard InChI is InChI=1S/C14H20ClNO/c1-17-10-12(9-16-14-5-6-14)7-11-3-2-4-13(15)8-11/h2-4,8,12,14,16H,5-7,9-10H2,1H3. The van der Waals surface area contributed by atoms with Gasteiger partial charge in [0.25, 0.3) is 0 Å². The molecule has 3 heteroatoms. The van der Waals surface area contributed by atoms with Crippen molar-refractivity contribution in [1.82, 2.24) is 5.32 Å². The predicted octanol–water partition coefficient (Wildman–Crippen LogP) is 2.90. The molecule has 0 radical (unpaired) electrons. The quantitative estimate of drug-likeness (QED) is 0.807. The summed E-state index contributed by atoms with van der Waals surface area (Å²) >= 11 is 6.00. The SMILES string of the molecule is COCC(CNC1CC1)Cc1cccc(Cl)c1. The second-order valence-electron chi connectivity index (χ2n) is 4.84. The van der Waals surface area contributed by atoms with Crippen molar-refractivity contribution in [2.45, 2.75) is 25.3 Å². The maximum atomic E-state index is 6.00. The Labute approximate surface area is 108 Å². The number of ether oxygens (including phenoxy) is 1. The molecule has 0 aliphatic heterocycles. The number of halogens is 1. The fraction of sp³-hybridized carbons (Fsp3) is 0.571. The number of hydrogen-bond acceptors (Lipinski definition) is 2. The third-order valence-electron chi connectivity index (χ3n) is 3.09. The van der Waals surface area contributed by atoms with Crippen molar-refractivity contribution in [2.75, 3.05) is 20.3 Å². The minimum Gasteiger partial charge on any atom is -0.384 e. The average Bonchev–Trinajstić information content (AvgIpc) is 3.10. The van der Waals surface area contributed by atoms with Crippen molar-refractivity contribution < 1.29 is 4.74 Å². The van der Waals surface area contributed by atoms with Crippen molar-refractivity contribution in [2.24, 2.45) is 5.92 Å². The van der Waals surface area contributed by atoms with E-state index >= 15 is 0 Å². The highest BCUT2D eigenvalue weighted by Gasteiger charge is 2.21. The summed E-state index contributed by atoms with van der Waals surface area (Å²) in [6.07, 6.45) is 3.68. The van der Waals surface area contributed by atoms with Crippen molar-refractivity contribution in [3.8, 4) is 0 Å². The lowest BCUT2D eigenvalue weighted by Gasteiger charge is -2.17. The predicted molar refractivity (Wildman–Crippen MR) is 71.5 cm³/mol. The summed E-state index contributed by atoms with van der Waals surface area (Å²) in [6, 6.07) is 8.86. The molecule has 0 bridgehead atoms. The highest BCUT2D eigenvalue weighted by molar-refractivity contribution is 6.30. The van der Waals surface area contributed by atoms with E-state index in [4.69, 9.17) is 16.3 Å². The summed E-state index contributed by atoms with van der Waals surface area (Å²) in [5.41, 5.74) is 1.29. The first kappa shape index (κ1) is 12.9. The van der Waals surface area contributed by atoms with Crippen LogP contribution < -0.4 is 5.32 Å². The van der Waals surface area contributed by atoms with E-state index in [1.54, 1.807) is 7.11 Å². The molecule has 0 heterocycles. The molecular weight excluding hydrogens is 234 g/mol. The molecule has 17 heavy (non-hydrogen) atoms. The molecule has 1 N–H and O–H groups in total. The Balaban J connectivity index is 1.86. The molecule has 1 aromatic carbocycles. The lowest BCUT2D eigenvalue weighted by atomic mass is 10.00. The Kier molecular flexibility index (Phi) is 4.84. The minimum absolute atomic E-state index is 0.527. The van der Waals surface area contributed by atoms with E-state index in [2.05, 4.69) is 11.4 Å². The van der Waals surface area contributed by atoms with Gasteiger partial charge in [-0.25, -0.2) is 0 Å². The van der Waals surface area contributed by atoms with E-state index in [-0.39, 0.29) is 0 Å². The van der Waals surface area contributed by atoms with E-state index in [0.717, 1.165) is 30.6 Å². The highest BCUT2D eigenvalue weighted by Crippen LogP contribution is 2.20. The zero-order valence-corrected chi connectivity index (χ0v) is 11.0. The Morgan fingerprint density at radius 3 is 2.94 bits per heavy atom. The van der Waals surface area contributed by atoms with Gasteiger partial charge in [-0.1, -0.05) is 23.7 Å². The molecule has 1 unspecified atom stereocenters. The molecule has 0 spiro atoms. The lowest BCUT2D eigenvalue weighted by Crippen LogP contribution is -2.28. The van der Waals surface area contributed by atoms with Gasteiger partial charge in [0.05, 0.1) is 6.61 Å². The van der Waals surface area contributed by atoms with E-state index in [1.807, 2.05) is 18.2 Å². The van der Waals surface area contributed by atoms with E-state index in [9.17, 15) is 0 Å². The van der Waals surface area contributed by atoms with Crippen LogP contribution in [-0.2, 0) is 11.2 Å². The van der Waals surface area contributed by atoms with Gasteiger partial charge in [-0.05, 0) is 42.9 Å². The molecule has 1 aliphatic carbocycles. The van der Waals surface area contributed by atoms with E-state index in [0.29, 0.717) is 5.92 Å². The number of nitrogens with one attached hydrogen (secondary N) is 1. The van der Waals surface area contributed by atoms with Gasteiger partial charge in [0.15, 0.2) is 0 Å². The summed E-state index contributed by atoms with van der Waals surface area (Å²) < 4.78 is 5.29. The maximum Gasteiger partial charge on any atom is 0.0505 e. The van der Waals surface area contributed by atoms with Crippen molar-refractivity contribution in [1.29, 1.82) is 0 Å². The van der Waals surface area contributed by atoms with E-state index < -0.39 is 0 Å². The van der Waals surface area contributed by atoms with Gasteiger partial charge in [-0.3, -0.25) is 0 Å². The third-order valence-corrected chi connectivity index (χ3v) is 3.32. The van der Waals surface area contributed by atoms with Gasteiger partial charge in [0, 0.05) is 24.7 Å². The summed E-state index contributed by atoms with van der Waals surface area (Å²) in [5, 5.41) is 4.38. The van der Waals surface area contributed by atoms with Crippen LogP contribution in [0.15, 0.2) is 24.3 Å². The van der Waals surface area contributed by atoms with E-state index in [1.165, 1.54) is 18.4 Å². The largest absolute Gasteiger partial charge is 0.384 e. The van der Waals surface area contributed by atoms with Crippen molar-refractivity contribution in [3.05, 3.63) is 34.9 Å². The zero-order valence-electron chi connectivity index (χ0n) is 10.3. The van der Waals surface area contributed by atoms with Gasteiger partial charge in [-0.2, -0.15) is 0 Å². The fourth-order valence-corrected chi connectivity index (χ4v) is 2.26. The summed E-state index contributed by atoms with van der Waals surface area (Å²) in [4.78, 5) is 0. The second kappa shape index (κ2) is 6.39. The molecule has 1 atom stereocenters. The van der Waals surface area contributed by atoms with Gasteiger partial charge >= 0.3 is 0 Å². The topological polar surface area (TPSA) is 21.3 Å². The van der Waals surface area contributed by atoms with Gasteiger partial charge in [0.1, 0.15) is 0 Å². The first-order chi connectivity index (χ1) is 8.28. The smallest absolute Gasteiger partial charge is 0.0505 e. The van der Waals surface area contributed by atoms with Gasteiger partial charge < -0.3 is 10.1 Å². The van der Waals surface area contributed by atoms with Gasteiger partial charge in [0.2, 0.25) is 0 Å². The normalized spacial score (nSPS) is 17.1. The Bertz CT molecular complexity index is 352. The molecule has 2 rings (SSSR count). The van der Waals surface area contributed by atoms with Crippen LogP contribution in [-0.4, -0.2) is 26.3 Å². The highest BCUT2D eigenvalue weighted by atomic mass is 35.5. The Morgan fingerprint density at radius 2 is 2.29 bits per heavy atom. The van der Waals surface area contributed by atoms with Crippen LogP contribution in [0.2, 0.25) is 5.02 Å². The maximum absolute atomic E-state index is 6.00. The first-order valence-electron chi connectivity index (χ1n) is 6.24. The third kappa shape index (κ3) is 4.66. The zero-order chi connectivity index (χ0) is 12.1. The number of benzene rings is 1. The lowest BCUT2D eigenvalue weighted by molar-refractivity contribution is 0.150. The molecule has 94 valence electrons. The Morgan fingerprint density at radius 1 is 1.47 bits per heavy atom. The summed E-state index contributed by atoms with van der Waals surface area (Å²) in [5.74, 6) is 0.527. The molecule has 0 amide bonds. The molecule has 0 aromatic heterocycles. The molecule has 1 saturated carbocycles. The van der Waals surface area contributed by atoms with Crippen molar-refractivity contribution >= 4 is 11.6 Å². The molecule has 1 aliphatic rings.